The molecule has 0 bridgehead atoms. The Morgan fingerprint density at radius 2 is 0.893 bits per heavy atom. The molecule has 170 valence electrons. The van der Waals surface area contributed by atoms with Crippen LogP contribution in [0.1, 0.15) is 137 Å². The van der Waals surface area contributed by atoms with Crippen LogP contribution in [-0.2, 0) is 24.3 Å². The van der Waals surface area contributed by atoms with E-state index in [-0.39, 0.29) is 6.10 Å². The highest BCUT2D eigenvalue weighted by atomic mass is 32.3. The molecule has 1 atom stereocenters. The van der Waals surface area contributed by atoms with Crippen LogP contribution < -0.4 is 0 Å². The Bertz CT molecular complexity index is 283. The second-order valence-electron chi connectivity index (χ2n) is 8.02. The average molecular weight is 420 g/mol. The van der Waals surface area contributed by atoms with E-state index in [0.717, 1.165) is 6.42 Å². The van der Waals surface area contributed by atoms with Gasteiger partial charge in [0.05, 0.1) is 0 Å². The van der Waals surface area contributed by atoms with Crippen LogP contribution in [-0.4, -0.2) is 19.3 Å². The number of unbranched alkanes of at least 4 members (excludes halogenated alkanes) is 15. The summed E-state index contributed by atoms with van der Waals surface area (Å²) in [5.41, 5.74) is 0. The molecule has 4 heteroatoms. The van der Waals surface area contributed by atoms with Gasteiger partial charge in [-0.1, -0.05) is 110 Å². The molecule has 0 heterocycles. The Labute approximate surface area is 180 Å². The molecule has 0 saturated heterocycles. The van der Waals surface area contributed by atoms with E-state index in [4.69, 9.17) is 12.5 Å². The molecule has 0 radical (unpaired) electrons. The summed E-state index contributed by atoms with van der Waals surface area (Å²) in [5, 5.41) is 0. The third kappa shape index (κ3) is 21.0. The first kappa shape index (κ1) is 28.2. The molecular weight excluding hydrogens is 368 g/mol. The number of hydrogen-bond acceptors (Lipinski definition) is 3. The van der Waals surface area contributed by atoms with Gasteiger partial charge in [-0.15, -0.1) is 12.5 Å². The van der Waals surface area contributed by atoms with Crippen LogP contribution in [0.25, 0.3) is 0 Å². The van der Waals surface area contributed by atoms with Gasteiger partial charge in [-0.05, 0) is 27.2 Å². The van der Waals surface area contributed by atoms with Gasteiger partial charge in [0.25, 0.3) is 0 Å². The molecule has 0 aliphatic rings. The molecule has 0 fully saturated rings. The van der Waals surface area contributed by atoms with Gasteiger partial charge in [0, 0.05) is 0 Å². The van der Waals surface area contributed by atoms with E-state index in [1.165, 1.54) is 103 Å². The first-order valence-electron chi connectivity index (χ1n) is 12.4. The average Bonchev–Trinajstić information content (AvgIpc) is 2.68. The van der Waals surface area contributed by atoms with Gasteiger partial charge >= 0.3 is 11.7 Å². The first-order chi connectivity index (χ1) is 13.7. The zero-order chi connectivity index (χ0) is 20.7. The van der Waals surface area contributed by atoms with Crippen molar-refractivity contribution >= 4 is 11.7 Å². The summed E-state index contributed by atoms with van der Waals surface area (Å²) >= 11 is -0.773. The maximum atomic E-state index is 5.84. The molecule has 0 aromatic heterocycles. The maximum absolute atomic E-state index is 5.84. The second-order valence-corrected chi connectivity index (χ2v) is 9.09. The van der Waals surface area contributed by atoms with E-state index in [9.17, 15) is 0 Å². The normalized spacial score (nSPS) is 12.8. The predicted molar refractivity (Wildman–Crippen MR) is 125 cm³/mol. The van der Waals surface area contributed by atoms with Crippen LogP contribution >= 0.6 is 0 Å². The Morgan fingerprint density at radius 3 is 1.25 bits per heavy atom. The van der Waals surface area contributed by atoms with E-state index in [2.05, 4.69) is 13.8 Å². The minimum Gasteiger partial charge on any atom is -0.109 e. The van der Waals surface area contributed by atoms with Crippen LogP contribution in [0.5, 0.6) is 0 Å². The van der Waals surface area contributed by atoms with E-state index >= 15 is 0 Å². The molecule has 0 saturated carbocycles. The topological polar surface area (TPSA) is 27.7 Å². The molecule has 0 aromatic carbocycles. The fourth-order valence-electron chi connectivity index (χ4n) is 3.44. The van der Waals surface area contributed by atoms with Crippen molar-refractivity contribution in [2.75, 3.05) is 13.2 Å². The summed E-state index contributed by atoms with van der Waals surface area (Å²) in [5.74, 6) is 0. The van der Waals surface area contributed by atoms with Crippen LogP contribution in [0.15, 0.2) is 0 Å². The van der Waals surface area contributed by atoms with Crippen LogP contribution in [0.2, 0.25) is 0 Å². The van der Waals surface area contributed by atoms with Crippen LogP contribution in [0, 0.1) is 0 Å². The summed E-state index contributed by atoms with van der Waals surface area (Å²) in [4.78, 5) is 0. The van der Waals surface area contributed by atoms with Crippen LogP contribution in [0.3, 0.4) is 0 Å². The van der Waals surface area contributed by atoms with Crippen molar-refractivity contribution in [1.82, 2.24) is 0 Å². The Balaban J connectivity index is 3.26. The van der Waals surface area contributed by atoms with Gasteiger partial charge in [-0.3, -0.25) is 0 Å². The highest BCUT2D eigenvalue weighted by Crippen LogP contribution is 2.16. The van der Waals surface area contributed by atoms with Crippen molar-refractivity contribution < 1.29 is 12.5 Å². The molecule has 0 spiro atoms. The molecule has 28 heavy (non-hydrogen) atoms. The summed E-state index contributed by atoms with van der Waals surface area (Å²) in [6.07, 6.45) is 23.9. The van der Waals surface area contributed by atoms with E-state index < -0.39 is 11.7 Å². The third-order valence-corrected chi connectivity index (χ3v) is 6.48. The quantitative estimate of drug-likeness (QED) is 0.123. The summed E-state index contributed by atoms with van der Waals surface area (Å²) in [6.45, 7) is 9.64. The first-order valence-corrected chi connectivity index (χ1v) is 13.4. The smallest absolute Gasteiger partial charge is 0.109 e. The van der Waals surface area contributed by atoms with Crippen molar-refractivity contribution in [2.45, 2.75) is 143 Å². The standard InChI is InChI=1S/C24H51O3S/c1-5-8-9-10-11-12-13-14-15-16-17-18-19-20-21-22-23-24(4)27-28(25-6-2)26-7-3/h24H,5-23H2,1-4H3/q+1. The molecule has 0 aliphatic carbocycles. The lowest BCUT2D eigenvalue weighted by molar-refractivity contribution is 0.144. The van der Waals surface area contributed by atoms with Gasteiger partial charge in [0.1, 0.15) is 19.3 Å². The van der Waals surface area contributed by atoms with Gasteiger partial charge in [-0.25, -0.2) is 0 Å². The van der Waals surface area contributed by atoms with Crippen molar-refractivity contribution in [1.29, 1.82) is 0 Å². The molecule has 0 rings (SSSR count). The fourth-order valence-corrected chi connectivity index (χ4v) is 4.37. The molecule has 1 unspecified atom stereocenters. The Morgan fingerprint density at radius 1 is 0.536 bits per heavy atom. The maximum Gasteiger partial charge on any atom is 0.508 e. The number of hydrogen-bond donors (Lipinski definition) is 0. The molecule has 0 amide bonds. The SMILES string of the molecule is CCCCCCCCCCCCCCCCCCC(C)O[S+](OCC)OCC. The molecule has 0 aromatic rings. The lowest BCUT2D eigenvalue weighted by Gasteiger charge is -2.08. The monoisotopic (exact) mass is 419 g/mol. The fraction of sp³-hybridized carbons (Fsp3) is 1.00. The van der Waals surface area contributed by atoms with Gasteiger partial charge in [-0.2, -0.15) is 0 Å². The van der Waals surface area contributed by atoms with Gasteiger partial charge in [0.15, 0.2) is 0 Å². The summed E-state index contributed by atoms with van der Waals surface area (Å²) in [7, 11) is 0. The lowest BCUT2D eigenvalue weighted by atomic mass is 10.0. The van der Waals surface area contributed by atoms with E-state index in [0.29, 0.717) is 13.2 Å². The zero-order valence-electron chi connectivity index (χ0n) is 19.6. The van der Waals surface area contributed by atoms with Crippen molar-refractivity contribution in [3.63, 3.8) is 0 Å². The summed E-state index contributed by atoms with van der Waals surface area (Å²) < 4.78 is 16.8. The Kier molecular flexibility index (Phi) is 23.7. The van der Waals surface area contributed by atoms with Crippen molar-refractivity contribution in [3.8, 4) is 0 Å². The minimum atomic E-state index is -0.773. The zero-order valence-corrected chi connectivity index (χ0v) is 20.5. The van der Waals surface area contributed by atoms with Gasteiger partial charge < -0.3 is 0 Å². The van der Waals surface area contributed by atoms with Crippen molar-refractivity contribution in [3.05, 3.63) is 0 Å². The second kappa shape index (κ2) is 23.5. The van der Waals surface area contributed by atoms with Crippen LogP contribution in [0.4, 0.5) is 0 Å². The van der Waals surface area contributed by atoms with Crippen molar-refractivity contribution in [2.24, 2.45) is 0 Å². The summed E-state index contributed by atoms with van der Waals surface area (Å²) in [6, 6.07) is 0. The predicted octanol–water partition coefficient (Wildman–Crippen LogP) is 8.48. The largest absolute Gasteiger partial charge is 0.508 e. The molecule has 0 N–H and O–H groups in total. The Hall–Kier alpha value is 0.230. The lowest BCUT2D eigenvalue weighted by Crippen LogP contribution is -2.20. The third-order valence-electron chi connectivity index (χ3n) is 5.14. The minimum absolute atomic E-state index is 0.216. The molecule has 3 nitrogen and oxygen atoms in total. The van der Waals surface area contributed by atoms with E-state index in [1.54, 1.807) is 0 Å². The highest BCUT2D eigenvalue weighted by Gasteiger charge is 2.28. The number of rotatable bonds is 23. The molecular formula is C24H51O3S+. The van der Waals surface area contributed by atoms with E-state index in [1.807, 2.05) is 13.8 Å². The highest BCUT2D eigenvalue weighted by molar-refractivity contribution is 7.82. The van der Waals surface area contributed by atoms with Gasteiger partial charge in [0.2, 0.25) is 0 Å². The molecule has 0 aliphatic heterocycles.